The summed E-state index contributed by atoms with van der Waals surface area (Å²) in [7, 11) is -2.97. The molecule has 124 valence electrons. The van der Waals surface area contributed by atoms with Crippen LogP contribution in [0.3, 0.4) is 0 Å². The zero-order valence-electron chi connectivity index (χ0n) is 12.5. The third kappa shape index (κ3) is 4.77. The van der Waals surface area contributed by atoms with Crippen molar-refractivity contribution in [3.8, 4) is 0 Å². The second-order valence-corrected chi connectivity index (χ2v) is 8.79. The van der Waals surface area contributed by atoms with Crippen LogP contribution in [0, 0.1) is 0 Å². The molecule has 0 bridgehead atoms. The maximum atomic E-state index is 12.0. The molecular formula is C12H19N3O5S2. The minimum absolute atomic E-state index is 0.00648. The summed E-state index contributed by atoms with van der Waals surface area (Å²) in [6.07, 6.45) is 0. The number of benzene rings is 1. The lowest BCUT2D eigenvalue weighted by Gasteiger charge is -2.12. The van der Waals surface area contributed by atoms with Crippen molar-refractivity contribution in [3.05, 3.63) is 29.8 Å². The molecular weight excluding hydrogens is 330 g/mol. The Morgan fingerprint density at radius 3 is 2.36 bits per heavy atom. The van der Waals surface area contributed by atoms with E-state index in [0.717, 1.165) is 4.31 Å². The molecule has 0 saturated heterocycles. The molecule has 0 aromatic heterocycles. The number of amides is 1. The highest BCUT2D eigenvalue weighted by Crippen LogP contribution is 2.14. The van der Waals surface area contributed by atoms with E-state index in [4.69, 9.17) is 0 Å². The monoisotopic (exact) mass is 349 g/mol. The Morgan fingerprint density at radius 2 is 1.82 bits per heavy atom. The van der Waals surface area contributed by atoms with Gasteiger partial charge in [-0.3, -0.25) is 4.79 Å². The van der Waals surface area contributed by atoms with Crippen LogP contribution in [0.4, 0.5) is 0 Å². The third-order valence-corrected chi connectivity index (χ3v) is 6.02. The van der Waals surface area contributed by atoms with Crippen LogP contribution in [0.1, 0.15) is 10.4 Å². The molecule has 0 saturated carbocycles. The smallest absolute Gasteiger partial charge is 0.251 e. The highest BCUT2D eigenvalue weighted by Gasteiger charge is 2.18. The quantitative estimate of drug-likeness (QED) is 0.670. The molecule has 0 unspecified atom stereocenters. The van der Waals surface area contributed by atoms with Gasteiger partial charge in [0.1, 0.15) is 0 Å². The van der Waals surface area contributed by atoms with Gasteiger partial charge in [-0.25, -0.2) is 25.9 Å². The Morgan fingerprint density at radius 1 is 1.18 bits per heavy atom. The maximum Gasteiger partial charge on any atom is 0.251 e. The average molecular weight is 349 g/mol. The molecule has 10 heteroatoms. The number of nitrogens with zero attached hydrogens (tertiary/aromatic N) is 1. The van der Waals surface area contributed by atoms with E-state index in [0.29, 0.717) is 0 Å². The van der Waals surface area contributed by atoms with E-state index < -0.39 is 26.0 Å². The number of nitrogens with one attached hydrogen (secondary N) is 2. The lowest BCUT2D eigenvalue weighted by atomic mass is 10.2. The summed E-state index contributed by atoms with van der Waals surface area (Å²) in [5, 5.41) is 2.43. The highest BCUT2D eigenvalue weighted by molar-refractivity contribution is 7.89. The van der Waals surface area contributed by atoms with Gasteiger partial charge in [0.15, 0.2) is 0 Å². The van der Waals surface area contributed by atoms with E-state index in [1.54, 1.807) is 0 Å². The van der Waals surface area contributed by atoms with Crippen molar-refractivity contribution < 1.29 is 21.6 Å². The van der Waals surface area contributed by atoms with Gasteiger partial charge in [0.2, 0.25) is 20.0 Å². The van der Waals surface area contributed by atoms with Crippen LogP contribution in [0.25, 0.3) is 0 Å². The first kappa shape index (κ1) is 18.6. The van der Waals surface area contributed by atoms with Gasteiger partial charge in [0.25, 0.3) is 5.91 Å². The van der Waals surface area contributed by atoms with E-state index in [2.05, 4.69) is 10.0 Å². The molecule has 1 rings (SSSR count). The number of rotatable bonds is 7. The van der Waals surface area contributed by atoms with Crippen molar-refractivity contribution >= 4 is 26.0 Å². The van der Waals surface area contributed by atoms with Crippen molar-refractivity contribution in [2.75, 3.05) is 33.4 Å². The van der Waals surface area contributed by atoms with Gasteiger partial charge in [-0.15, -0.1) is 0 Å². The summed E-state index contributed by atoms with van der Waals surface area (Å²) < 4.78 is 49.6. The van der Waals surface area contributed by atoms with Crippen LogP contribution >= 0.6 is 0 Å². The Hall–Kier alpha value is -1.49. The molecule has 0 heterocycles. The van der Waals surface area contributed by atoms with Crippen LogP contribution in [0.15, 0.2) is 29.2 Å². The molecule has 1 aromatic carbocycles. The van der Waals surface area contributed by atoms with E-state index in [1.165, 1.54) is 45.4 Å². The van der Waals surface area contributed by atoms with Crippen molar-refractivity contribution in [2.45, 2.75) is 4.90 Å². The summed E-state index contributed by atoms with van der Waals surface area (Å²) in [6.45, 7) is -0.0767. The van der Waals surface area contributed by atoms with Gasteiger partial charge in [-0.1, -0.05) is 6.07 Å². The zero-order valence-corrected chi connectivity index (χ0v) is 14.2. The fourth-order valence-electron chi connectivity index (χ4n) is 1.51. The van der Waals surface area contributed by atoms with Gasteiger partial charge < -0.3 is 5.32 Å². The summed E-state index contributed by atoms with van der Waals surface area (Å²) in [5.74, 6) is -0.799. The topological polar surface area (TPSA) is 113 Å². The minimum atomic E-state index is -3.63. The molecule has 0 radical (unpaired) electrons. The van der Waals surface area contributed by atoms with Gasteiger partial charge >= 0.3 is 0 Å². The number of hydrogen-bond acceptors (Lipinski definition) is 5. The lowest BCUT2D eigenvalue weighted by molar-refractivity contribution is 0.0956. The Balaban J connectivity index is 2.84. The second-order valence-electron chi connectivity index (χ2n) is 4.59. The van der Waals surface area contributed by atoms with Crippen molar-refractivity contribution in [1.29, 1.82) is 0 Å². The first-order valence-electron chi connectivity index (χ1n) is 6.32. The normalized spacial score (nSPS) is 12.4. The van der Waals surface area contributed by atoms with Gasteiger partial charge in [-0.2, -0.15) is 0 Å². The molecule has 0 fully saturated rings. The Labute approximate surface area is 130 Å². The van der Waals surface area contributed by atoms with Crippen LogP contribution in [-0.2, 0) is 20.0 Å². The maximum absolute atomic E-state index is 12.0. The second kappa shape index (κ2) is 7.18. The van der Waals surface area contributed by atoms with Crippen LogP contribution in [0.2, 0.25) is 0 Å². The molecule has 0 aliphatic heterocycles. The first-order chi connectivity index (χ1) is 10.1. The number of hydrogen-bond donors (Lipinski definition) is 2. The van der Waals surface area contributed by atoms with Gasteiger partial charge in [0, 0.05) is 26.2 Å². The van der Waals surface area contributed by atoms with Crippen LogP contribution in [0.5, 0.6) is 0 Å². The lowest BCUT2D eigenvalue weighted by Crippen LogP contribution is -2.33. The molecule has 1 amide bonds. The van der Waals surface area contributed by atoms with E-state index >= 15 is 0 Å². The van der Waals surface area contributed by atoms with Gasteiger partial charge in [-0.05, 0) is 25.2 Å². The SMILES string of the molecule is CNS(=O)(=O)CCNC(=O)c1cccc(S(=O)(=O)N(C)C)c1. The Bertz CT molecular complexity index is 742. The standard InChI is InChI=1S/C12H19N3O5S2/c1-13-21(17,18)8-7-14-12(16)10-5-4-6-11(9-10)22(19,20)15(2)3/h4-6,9,13H,7-8H2,1-3H3,(H,14,16). The molecule has 0 atom stereocenters. The zero-order chi connectivity index (χ0) is 17.0. The van der Waals surface area contributed by atoms with E-state index in [-0.39, 0.29) is 22.8 Å². The fraction of sp³-hybridized carbons (Fsp3) is 0.417. The number of carbonyl (C=O) groups excluding carboxylic acids is 1. The summed E-state index contributed by atoms with van der Waals surface area (Å²) >= 11 is 0. The summed E-state index contributed by atoms with van der Waals surface area (Å²) in [5.41, 5.74) is 0.143. The van der Waals surface area contributed by atoms with E-state index in [9.17, 15) is 21.6 Å². The molecule has 0 spiro atoms. The van der Waals surface area contributed by atoms with E-state index in [1.807, 2.05) is 0 Å². The molecule has 2 N–H and O–H groups in total. The third-order valence-electron chi connectivity index (χ3n) is 2.84. The van der Waals surface area contributed by atoms with Crippen molar-refractivity contribution in [1.82, 2.24) is 14.3 Å². The number of carbonyl (C=O) groups is 1. The predicted octanol–water partition coefficient (Wildman–Crippen LogP) is -0.784. The molecule has 0 aliphatic carbocycles. The minimum Gasteiger partial charge on any atom is -0.351 e. The average Bonchev–Trinajstić information content (AvgIpc) is 2.47. The molecule has 1 aromatic rings. The van der Waals surface area contributed by atoms with Crippen LogP contribution in [-0.4, -0.2) is 60.5 Å². The molecule has 0 aliphatic rings. The summed E-state index contributed by atoms with van der Waals surface area (Å²) in [4.78, 5) is 11.9. The van der Waals surface area contributed by atoms with Crippen molar-refractivity contribution in [3.63, 3.8) is 0 Å². The fourth-order valence-corrected chi connectivity index (χ4v) is 3.03. The Kier molecular flexibility index (Phi) is 6.06. The largest absolute Gasteiger partial charge is 0.351 e. The molecule has 8 nitrogen and oxygen atoms in total. The predicted molar refractivity (Wildman–Crippen MR) is 82.5 cm³/mol. The molecule has 22 heavy (non-hydrogen) atoms. The van der Waals surface area contributed by atoms with Gasteiger partial charge in [0.05, 0.1) is 10.6 Å². The first-order valence-corrected chi connectivity index (χ1v) is 9.41. The number of sulfonamides is 2. The summed E-state index contributed by atoms with van der Waals surface area (Å²) in [6, 6.07) is 5.54. The van der Waals surface area contributed by atoms with Crippen molar-refractivity contribution in [2.24, 2.45) is 0 Å². The highest BCUT2D eigenvalue weighted by atomic mass is 32.2. The van der Waals surface area contributed by atoms with Crippen LogP contribution < -0.4 is 10.0 Å².